The molecule has 0 radical (unpaired) electrons. The number of Topliss-reactive ketones (excluding diaryl/α,β-unsaturated/α-hetero) is 1. The maximum Gasteiger partial charge on any atom is 0.238 e. The van der Waals surface area contributed by atoms with Crippen molar-refractivity contribution in [1.82, 2.24) is 9.55 Å². The van der Waals surface area contributed by atoms with Crippen LogP contribution in [0.15, 0.2) is 58.5 Å². The fraction of sp³-hybridized carbons (Fsp3) is 0.304. The minimum Gasteiger partial charge on any atom is -0.320 e. The molecule has 1 aliphatic rings. The van der Waals surface area contributed by atoms with E-state index in [0.717, 1.165) is 24.2 Å². The van der Waals surface area contributed by atoms with Gasteiger partial charge in [0.25, 0.3) is 0 Å². The standard InChI is InChI=1S/C23H24FN3O3S2/c1-2-3-8-20-26-23-21(22(28)18(24)14-31-23)27(20)13-15-9-11-16(12-10-15)17-6-4-5-7-19(17)32(25,29)30/h4-7,9-12,18H,2-3,8,13-14H2,1H3,(H2,25,29,30). The number of halogens is 1. The number of carbonyl (C=O) groups is 1. The van der Waals surface area contributed by atoms with Crippen molar-refractivity contribution in [2.45, 2.75) is 48.8 Å². The van der Waals surface area contributed by atoms with Crippen molar-refractivity contribution in [3.05, 3.63) is 65.6 Å². The van der Waals surface area contributed by atoms with Crippen molar-refractivity contribution in [2.75, 3.05) is 5.75 Å². The molecule has 0 saturated carbocycles. The predicted molar refractivity (Wildman–Crippen MR) is 123 cm³/mol. The van der Waals surface area contributed by atoms with Gasteiger partial charge in [0.2, 0.25) is 15.8 Å². The van der Waals surface area contributed by atoms with E-state index >= 15 is 0 Å². The Morgan fingerprint density at radius 2 is 1.91 bits per heavy atom. The van der Waals surface area contributed by atoms with E-state index < -0.39 is 22.0 Å². The first-order valence-corrected chi connectivity index (χ1v) is 12.9. The number of hydrogen-bond acceptors (Lipinski definition) is 5. The van der Waals surface area contributed by atoms with E-state index in [1.54, 1.807) is 18.2 Å². The number of imidazole rings is 1. The highest BCUT2D eigenvalue weighted by atomic mass is 32.2. The molecular formula is C23H24FN3O3S2. The van der Waals surface area contributed by atoms with E-state index in [-0.39, 0.29) is 10.6 Å². The molecule has 1 aliphatic heterocycles. The van der Waals surface area contributed by atoms with Gasteiger partial charge in [-0.15, -0.1) is 11.8 Å². The zero-order chi connectivity index (χ0) is 22.9. The maximum absolute atomic E-state index is 14.1. The summed E-state index contributed by atoms with van der Waals surface area (Å²) in [6.07, 6.45) is 1.12. The highest BCUT2D eigenvalue weighted by molar-refractivity contribution is 7.99. The minimum absolute atomic E-state index is 0.0647. The number of nitrogens with two attached hydrogens (primary N) is 1. The molecule has 4 rings (SSSR count). The molecular weight excluding hydrogens is 449 g/mol. The number of carbonyl (C=O) groups excluding carboxylic acids is 1. The van der Waals surface area contributed by atoms with E-state index in [1.165, 1.54) is 17.8 Å². The van der Waals surface area contributed by atoms with Crippen molar-refractivity contribution in [3.63, 3.8) is 0 Å². The summed E-state index contributed by atoms with van der Waals surface area (Å²) in [5, 5.41) is 5.96. The van der Waals surface area contributed by atoms with Gasteiger partial charge in [-0.1, -0.05) is 55.8 Å². The van der Waals surface area contributed by atoms with Crippen LogP contribution < -0.4 is 5.14 Å². The smallest absolute Gasteiger partial charge is 0.238 e. The Balaban J connectivity index is 1.68. The molecule has 0 amide bonds. The molecule has 1 atom stereocenters. The Morgan fingerprint density at radius 1 is 1.19 bits per heavy atom. The quantitative estimate of drug-likeness (QED) is 0.555. The number of thioether (sulfide) groups is 1. The SMILES string of the molecule is CCCCc1nc2c(n1Cc1ccc(-c3ccccc3S(N)(=O)=O)cc1)C(=O)C(F)CS2. The van der Waals surface area contributed by atoms with Gasteiger partial charge in [-0.05, 0) is 23.6 Å². The van der Waals surface area contributed by atoms with Gasteiger partial charge >= 0.3 is 0 Å². The molecule has 2 aromatic carbocycles. The number of unbranched alkanes of at least 4 members (excludes halogenated alkanes) is 1. The van der Waals surface area contributed by atoms with Crippen LogP contribution in [0.25, 0.3) is 11.1 Å². The van der Waals surface area contributed by atoms with Crippen LogP contribution in [0.4, 0.5) is 4.39 Å². The third-order valence-electron chi connectivity index (χ3n) is 5.45. The van der Waals surface area contributed by atoms with Crippen LogP contribution in [0, 0.1) is 0 Å². The second-order valence-corrected chi connectivity index (χ2v) is 10.3. The van der Waals surface area contributed by atoms with Gasteiger partial charge in [-0.2, -0.15) is 0 Å². The Kier molecular flexibility index (Phi) is 6.50. The summed E-state index contributed by atoms with van der Waals surface area (Å²) < 4.78 is 39.8. The fourth-order valence-corrected chi connectivity index (χ4v) is 5.55. The first-order chi connectivity index (χ1) is 15.3. The lowest BCUT2D eigenvalue weighted by Gasteiger charge is -2.17. The number of fused-ring (bicyclic) bond motifs is 1. The van der Waals surface area contributed by atoms with Crippen LogP contribution in [-0.4, -0.2) is 35.7 Å². The first-order valence-electron chi connectivity index (χ1n) is 10.4. The second-order valence-electron chi connectivity index (χ2n) is 7.75. The Morgan fingerprint density at radius 3 is 2.59 bits per heavy atom. The number of nitrogens with zero attached hydrogens (tertiary/aromatic N) is 2. The van der Waals surface area contributed by atoms with Crippen molar-refractivity contribution < 1.29 is 17.6 Å². The van der Waals surface area contributed by atoms with E-state index in [2.05, 4.69) is 11.9 Å². The number of rotatable bonds is 7. The van der Waals surface area contributed by atoms with Crippen LogP contribution in [-0.2, 0) is 23.0 Å². The number of hydrogen-bond donors (Lipinski definition) is 1. The summed E-state index contributed by atoms with van der Waals surface area (Å²) in [5.74, 6) is 0.386. The summed E-state index contributed by atoms with van der Waals surface area (Å²) in [6, 6.07) is 14.0. The van der Waals surface area contributed by atoms with Crippen LogP contribution in [0.3, 0.4) is 0 Å². The second kappa shape index (κ2) is 9.17. The molecule has 0 aliphatic carbocycles. The lowest BCUT2D eigenvalue weighted by Crippen LogP contribution is -2.26. The Hall–Kier alpha value is -2.49. The summed E-state index contributed by atoms with van der Waals surface area (Å²) in [5.41, 5.74) is 2.49. The summed E-state index contributed by atoms with van der Waals surface area (Å²) >= 11 is 1.29. The van der Waals surface area contributed by atoms with Gasteiger partial charge in [-0.25, -0.2) is 22.9 Å². The van der Waals surface area contributed by atoms with E-state index in [4.69, 9.17) is 5.14 Å². The zero-order valence-electron chi connectivity index (χ0n) is 17.6. The molecule has 0 bridgehead atoms. The summed E-state index contributed by atoms with van der Waals surface area (Å²) in [7, 11) is -3.86. The van der Waals surface area contributed by atoms with Crippen molar-refractivity contribution >= 4 is 27.6 Å². The topological polar surface area (TPSA) is 95.1 Å². The van der Waals surface area contributed by atoms with Gasteiger partial charge in [0.1, 0.15) is 16.5 Å². The van der Waals surface area contributed by atoms with Crippen molar-refractivity contribution in [3.8, 4) is 11.1 Å². The lowest BCUT2D eigenvalue weighted by atomic mass is 10.0. The number of aryl methyl sites for hydroxylation is 1. The number of benzene rings is 2. The Labute approximate surface area is 191 Å². The van der Waals surface area contributed by atoms with Gasteiger partial charge in [0.05, 0.1) is 4.90 Å². The molecule has 2 heterocycles. The molecule has 32 heavy (non-hydrogen) atoms. The summed E-state index contributed by atoms with van der Waals surface area (Å²) in [6.45, 7) is 2.47. The van der Waals surface area contributed by atoms with Gasteiger partial charge in [0, 0.05) is 24.3 Å². The van der Waals surface area contributed by atoms with Crippen LogP contribution in [0.5, 0.6) is 0 Å². The van der Waals surface area contributed by atoms with Crippen LogP contribution in [0.2, 0.25) is 0 Å². The Bertz CT molecular complexity index is 1250. The number of alkyl halides is 1. The van der Waals surface area contributed by atoms with E-state index in [1.807, 2.05) is 28.8 Å². The van der Waals surface area contributed by atoms with Crippen LogP contribution >= 0.6 is 11.8 Å². The highest BCUT2D eigenvalue weighted by Gasteiger charge is 2.33. The molecule has 6 nitrogen and oxygen atoms in total. The molecule has 0 spiro atoms. The van der Waals surface area contributed by atoms with Crippen molar-refractivity contribution in [2.24, 2.45) is 5.14 Å². The molecule has 2 N–H and O–H groups in total. The van der Waals surface area contributed by atoms with Crippen molar-refractivity contribution in [1.29, 1.82) is 0 Å². The highest BCUT2D eigenvalue weighted by Crippen LogP contribution is 2.33. The molecule has 0 fully saturated rings. The molecule has 1 unspecified atom stereocenters. The largest absolute Gasteiger partial charge is 0.320 e. The lowest BCUT2D eigenvalue weighted by molar-refractivity contribution is 0.0880. The normalized spacial score (nSPS) is 16.2. The zero-order valence-corrected chi connectivity index (χ0v) is 19.3. The average Bonchev–Trinajstić information content (AvgIpc) is 3.12. The molecule has 9 heteroatoms. The third-order valence-corrected chi connectivity index (χ3v) is 7.44. The summed E-state index contributed by atoms with van der Waals surface area (Å²) in [4.78, 5) is 17.3. The van der Waals surface area contributed by atoms with E-state index in [9.17, 15) is 17.6 Å². The molecule has 3 aromatic rings. The van der Waals surface area contributed by atoms with Crippen LogP contribution in [0.1, 0.15) is 41.6 Å². The predicted octanol–water partition coefficient (Wildman–Crippen LogP) is 4.21. The maximum atomic E-state index is 14.1. The van der Waals surface area contributed by atoms with Gasteiger partial charge < -0.3 is 4.57 Å². The van der Waals surface area contributed by atoms with Gasteiger partial charge in [-0.3, -0.25) is 4.79 Å². The number of sulfonamides is 1. The van der Waals surface area contributed by atoms with Gasteiger partial charge in [0.15, 0.2) is 6.17 Å². The third kappa shape index (κ3) is 4.51. The average molecular weight is 474 g/mol. The minimum atomic E-state index is -3.86. The van der Waals surface area contributed by atoms with E-state index in [0.29, 0.717) is 34.8 Å². The first kappa shape index (κ1) is 22.7. The fourth-order valence-electron chi connectivity index (χ4n) is 3.81. The number of aromatic nitrogens is 2. The monoisotopic (exact) mass is 473 g/mol. The number of primary sulfonamides is 1. The molecule has 168 valence electrons. The number of ketones is 1. The molecule has 0 saturated heterocycles. The molecule has 1 aromatic heterocycles.